The Kier molecular flexibility index (Phi) is 4.19. The Bertz CT molecular complexity index is 982. The zero-order chi connectivity index (χ0) is 17.1. The Hall–Kier alpha value is -3.10. The van der Waals surface area contributed by atoms with E-state index in [1.807, 2.05) is 24.3 Å². The van der Waals surface area contributed by atoms with Crippen LogP contribution in [0.1, 0.15) is 23.2 Å². The van der Waals surface area contributed by atoms with E-state index in [0.29, 0.717) is 23.6 Å². The van der Waals surface area contributed by atoms with Gasteiger partial charge >= 0.3 is 0 Å². The summed E-state index contributed by atoms with van der Waals surface area (Å²) in [4.78, 5) is 4.61. The van der Waals surface area contributed by atoms with E-state index in [0.717, 1.165) is 36.2 Å². The molecule has 0 bridgehead atoms. The van der Waals surface area contributed by atoms with Gasteiger partial charge in [-0.1, -0.05) is 18.2 Å². The van der Waals surface area contributed by atoms with Gasteiger partial charge in [-0.25, -0.2) is 4.98 Å². The van der Waals surface area contributed by atoms with Crippen molar-refractivity contribution in [3.8, 4) is 11.9 Å². The van der Waals surface area contributed by atoms with Gasteiger partial charge in [-0.15, -0.1) is 0 Å². The van der Waals surface area contributed by atoms with Crippen LogP contribution in [-0.4, -0.2) is 18.1 Å². The molecule has 0 amide bonds. The fourth-order valence-electron chi connectivity index (χ4n) is 3.01. The van der Waals surface area contributed by atoms with E-state index in [1.54, 1.807) is 18.4 Å². The van der Waals surface area contributed by atoms with Crippen molar-refractivity contribution in [2.75, 3.05) is 13.1 Å². The van der Waals surface area contributed by atoms with Crippen LogP contribution in [0.2, 0.25) is 0 Å². The molecule has 3 aromatic rings. The number of furan rings is 1. The minimum atomic E-state index is 0.340. The molecular formula is C20H17N3O2. The average Bonchev–Trinajstić information content (AvgIpc) is 3.17. The van der Waals surface area contributed by atoms with Gasteiger partial charge in [0.2, 0.25) is 5.88 Å². The molecule has 25 heavy (non-hydrogen) atoms. The first kappa shape index (κ1) is 15.4. The molecule has 5 heteroatoms. The van der Waals surface area contributed by atoms with Gasteiger partial charge in [0.05, 0.1) is 23.6 Å². The van der Waals surface area contributed by atoms with Crippen molar-refractivity contribution in [1.82, 2.24) is 10.3 Å². The summed E-state index contributed by atoms with van der Waals surface area (Å²) in [6.45, 7) is 2.19. The van der Waals surface area contributed by atoms with Crippen molar-refractivity contribution in [3.05, 3.63) is 65.6 Å². The second-order valence-corrected chi connectivity index (χ2v) is 5.88. The molecule has 0 radical (unpaired) electrons. The van der Waals surface area contributed by atoms with E-state index < -0.39 is 0 Å². The van der Waals surface area contributed by atoms with Crippen molar-refractivity contribution >= 4 is 16.5 Å². The zero-order valence-electron chi connectivity index (χ0n) is 13.7. The molecule has 0 saturated heterocycles. The number of pyridine rings is 1. The maximum atomic E-state index is 9.16. The topological polar surface area (TPSA) is 71.1 Å². The van der Waals surface area contributed by atoms with Gasteiger partial charge in [-0.2, -0.15) is 5.26 Å². The summed E-state index contributed by atoms with van der Waals surface area (Å²) in [6, 6.07) is 13.5. The predicted octanol–water partition coefficient (Wildman–Crippen LogP) is 3.66. The summed E-state index contributed by atoms with van der Waals surface area (Å²) in [5.41, 5.74) is 4.40. The molecule has 5 nitrogen and oxygen atoms in total. The highest BCUT2D eigenvalue weighted by Gasteiger charge is 2.11. The molecule has 0 saturated carbocycles. The Morgan fingerprint density at radius 2 is 2.20 bits per heavy atom. The third-order valence-corrected chi connectivity index (χ3v) is 4.31. The van der Waals surface area contributed by atoms with Crippen molar-refractivity contribution < 1.29 is 9.15 Å². The normalized spacial score (nSPS) is 14.1. The second-order valence-electron chi connectivity index (χ2n) is 5.88. The summed E-state index contributed by atoms with van der Waals surface area (Å²) in [6.07, 6.45) is 4.74. The van der Waals surface area contributed by atoms with Crippen LogP contribution in [0.25, 0.3) is 16.5 Å². The minimum absolute atomic E-state index is 0.340. The lowest BCUT2D eigenvalue weighted by atomic mass is 10.1. The number of fused-ring (bicyclic) bond motifs is 1. The first-order valence-electron chi connectivity index (χ1n) is 8.24. The molecule has 0 spiro atoms. The molecule has 1 aliphatic heterocycles. The highest BCUT2D eigenvalue weighted by Crippen LogP contribution is 2.25. The van der Waals surface area contributed by atoms with E-state index in [-0.39, 0.29) is 0 Å². The number of nitrogens with zero attached hydrogens (tertiary/aromatic N) is 2. The highest BCUT2D eigenvalue weighted by molar-refractivity contribution is 5.86. The lowest BCUT2D eigenvalue weighted by molar-refractivity contribution is 0.293. The van der Waals surface area contributed by atoms with E-state index >= 15 is 0 Å². The molecule has 124 valence electrons. The van der Waals surface area contributed by atoms with Crippen LogP contribution in [0.3, 0.4) is 0 Å². The summed E-state index contributed by atoms with van der Waals surface area (Å²) in [5.74, 6) is 0.584. The maximum Gasteiger partial charge on any atom is 0.214 e. The van der Waals surface area contributed by atoms with Crippen LogP contribution in [0.5, 0.6) is 5.88 Å². The fraction of sp³-hybridized carbons (Fsp3) is 0.200. The SMILES string of the molecule is N#Cc1ccc(COc2cccc(C3=CCNCC3)n2)c2occc12. The van der Waals surface area contributed by atoms with Crippen LogP contribution in [0.4, 0.5) is 0 Å². The summed E-state index contributed by atoms with van der Waals surface area (Å²) in [5, 5.41) is 13.3. The Labute approximate surface area is 145 Å². The van der Waals surface area contributed by atoms with Gasteiger partial charge in [0.25, 0.3) is 0 Å². The van der Waals surface area contributed by atoms with Gasteiger partial charge in [-0.3, -0.25) is 0 Å². The smallest absolute Gasteiger partial charge is 0.214 e. The Balaban J connectivity index is 1.55. The number of aromatic nitrogens is 1. The number of rotatable bonds is 4. The molecule has 0 atom stereocenters. The van der Waals surface area contributed by atoms with Gasteiger partial charge in [-0.05, 0) is 36.7 Å². The van der Waals surface area contributed by atoms with Gasteiger partial charge in [0.1, 0.15) is 12.2 Å². The van der Waals surface area contributed by atoms with Crippen LogP contribution < -0.4 is 10.1 Å². The van der Waals surface area contributed by atoms with Crippen molar-refractivity contribution in [2.45, 2.75) is 13.0 Å². The second kappa shape index (κ2) is 6.80. The molecule has 4 rings (SSSR count). The number of hydrogen-bond donors (Lipinski definition) is 1. The molecule has 3 heterocycles. The Morgan fingerprint density at radius 1 is 1.24 bits per heavy atom. The first-order chi connectivity index (χ1) is 12.3. The number of benzene rings is 1. The van der Waals surface area contributed by atoms with Gasteiger partial charge < -0.3 is 14.5 Å². The lowest BCUT2D eigenvalue weighted by Gasteiger charge is -2.14. The summed E-state index contributed by atoms with van der Waals surface area (Å²) >= 11 is 0. The predicted molar refractivity (Wildman–Crippen MR) is 95.0 cm³/mol. The first-order valence-corrected chi connectivity index (χ1v) is 8.24. The average molecular weight is 331 g/mol. The molecule has 1 aliphatic rings. The minimum Gasteiger partial charge on any atom is -0.473 e. The van der Waals surface area contributed by atoms with Crippen molar-refractivity contribution in [3.63, 3.8) is 0 Å². The quantitative estimate of drug-likeness (QED) is 0.790. The molecule has 0 unspecified atom stereocenters. The van der Waals surface area contributed by atoms with Crippen LogP contribution in [-0.2, 0) is 6.61 Å². The fourth-order valence-corrected chi connectivity index (χ4v) is 3.01. The van der Waals surface area contributed by atoms with Gasteiger partial charge in [0.15, 0.2) is 0 Å². The Morgan fingerprint density at radius 3 is 3.04 bits per heavy atom. The molecule has 1 aromatic carbocycles. The largest absolute Gasteiger partial charge is 0.473 e. The van der Waals surface area contributed by atoms with E-state index in [4.69, 9.17) is 14.4 Å². The van der Waals surface area contributed by atoms with Crippen LogP contribution in [0, 0.1) is 11.3 Å². The molecule has 0 fully saturated rings. The lowest BCUT2D eigenvalue weighted by Crippen LogP contribution is -2.20. The van der Waals surface area contributed by atoms with E-state index in [9.17, 15) is 0 Å². The van der Waals surface area contributed by atoms with E-state index in [1.165, 1.54) is 5.57 Å². The zero-order valence-corrected chi connectivity index (χ0v) is 13.7. The molecule has 2 aromatic heterocycles. The third kappa shape index (κ3) is 3.12. The molecule has 0 aliphatic carbocycles. The molecule has 1 N–H and O–H groups in total. The maximum absolute atomic E-state index is 9.16. The van der Waals surface area contributed by atoms with Gasteiger partial charge in [0, 0.05) is 23.6 Å². The van der Waals surface area contributed by atoms with Crippen molar-refractivity contribution in [1.29, 1.82) is 5.26 Å². The summed E-state index contributed by atoms with van der Waals surface area (Å²) < 4.78 is 11.4. The monoisotopic (exact) mass is 331 g/mol. The van der Waals surface area contributed by atoms with Crippen molar-refractivity contribution in [2.24, 2.45) is 0 Å². The summed E-state index contributed by atoms with van der Waals surface area (Å²) in [7, 11) is 0. The van der Waals surface area contributed by atoms with Crippen LogP contribution in [0.15, 0.2) is 53.2 Å². The number of nitriles is 1. The number of nitrogens with one attached hydrogen (secondary N) is 1. The van der Waals surface area contributed by atoms with Crippen LogP contribution >= 0.6 is 0 Å². The third-order valence-electron chi connectivity index (χ3n) is 4.31. The highest BCUT2D eigenvalue weighted by atomic mass is 16.5. The molecular weight excluding hydrogens is 314 g/mol. The van der Waals surface area contributed by atoms with E-state index in [2.05, 4.69) is 22.4 Å². The standard InChI is InChI=1S/C20H17N3O2/c21-12-15-4-5-16(20-17(15)8-11-24-20)13-25-19-3-1-2-18(23-19)14-6-9-22-10-7-14/h1-6,8,11,22H,7,9-10,13H2. The number of hydrogen-bond acceptors (Lipinski definition) is 5. The number of ether oxygens (including phenoxy) is 1.